The number of amides is 1. The van der Waals surface area contributed by atoms with E-state index in [2.05, 4.69) is 5.32 Å². The fourth-order valence-electron chi connectivity index (χ4n) is 1.48. The molecule has 0 aliphatic rings. The molecule has 0 heterocycles. The SMILES string of the molecule is CC(C)(C)NC[C@@H](O)c1ccc(O)c(C(N)=O)c1. The molecule has 0 unspecified atom stereocenters. The fourth-order valence-corrected chi connectivity index (χ4v) is 1.48. The van der Waals surface area contributed by atoms with Gasteiger partial charge in [-0.15, -0.1) is 0 Å². The van der Waals surface area contributed by atoms with Crippen LogP contribution >= 0.6 is 0 Å². The quantitative estimate of drug-likeness (QED) is 0.640. The zero-order chi connectivity index (χ0) is 13.9. The average Bonchev–Trinajstić information content (AvgIpc) is 2.25. The number of benzene rings is 1. The maximum atomic E-state index is 11.1. The van der Waals surface area contributed by atoms with Crippen LogP contribution in [0, 0.1) is 0 Å². The molecule has 0 aromatic heterocycles. The van der Waals surface area contributed by atoms with Crippen molar-refractivity contribution in [2.75, 3.05) is 6.54 Å². The van der Waals surface area contributed by atoms with Crippen LogP contribution in [0.2, 0.25) is 0 Å². The Morgan fingerprint density at radius 1 is 1.44 bits per heavy atom. The van der Waals surface area contributed by atoms with Gasteiger partial charge in [0.1, 0.15) is 5.75 Å². The van der Waals surface area contributed by atoms with Gasteiger partial charge in [0.05, 0.1) is 11.7 Å². The highest BCUT2D eigenvalue weighted by Crippen LogP contribution is 2.22. The van der Waals surface area contributed by atoms with Crippen molar-refractivity contribution in [1.82, 2.24) is 5.32 Å². The second kappa shape index (κ2) is 5.37. The van der Waals surface area contributed by atoms with Gasteiger partial charge in [-0.05, 0) is 38.5 Å². The molecule has 0 fully saturated rings. The minimum atomic E-state index is -0.761. The number of carbonyl (C=O) groups is 1. The second-order valence-electron chi connectivity index (χ2n) is 5.29. The Balaban J connectivity index is 2.83. The third-order valence-electron chi connectivity index (χ3n) is 2.50. The van der Waals surface area contributed by atoms with Crippen LogP contribution < -0.4 is 11.1 Å². The molecule has 100 valence electrons. The van der Waals surface area contributed by atoms with Gasteiger partial charge in [0.2, 0.25) is 0 Å². The minimum Gasteiger partial charge on any atom is -0.507 e. The third-order valence-corrected chi connectivity index (χ3v) is 2.50. The van der Waals surface area contributed by atoms with Gasteiger partial charge in [-0.3, -0.25) is 4.79 Å². The topological polar surface area (TPSA) is 95.6 Å². The summed E-state index contributed by atoms with van der Waals surface area (Å²) >= 11 is 0. The highest BCUT2D eigenvalue weighted by Gasteiger charge is 2.16. The summed E-state index contributed by atoms with van der Waals surface area (Å²) in [5.41, 5.74) is 5.58. The van der Waals surface area contributed by atoms with Gasteiger partial charge in [0.15, 0.2) is 0 Å². The lowest BCUT2D eigenvalue weighted by Crippen LogP contribution is -2.38. The molecular weight excluding hydrogens is 232 g/mol. The zero-order valence-electron chi connectivity index (χ0n) is 10.9. The Morgan fingerprint density at radius 3 is 2.56 bits per heavy atom. The molecule has 5 heteroatoms. The second-order valence-corrected chi connectivity index (χ2v) is 5.29. The largest absolute Gasteiger partial charge is 0.507 e. The predicted octanol–water partition coefficient (Wildman–Crippen LogP) is 0.913. The summed E-state index contributed by atoms with van der Waals surface area (Å²) in [5.74, 6) is -0.896. The molecule has 0 aliphatic carbocycles. The maximum absolute atomic E-state index is 11.1. The van der Waals surface area contributed by atoms with E-state index in [9.17, 15) is 15.0 Å². The van der Waals surface area contributed by atoms with Crippen molar-refractivity contribution < 1.29 is 15.0 Å². The van der Waals surface area contributed by atoms with Crippen molar-refractivity contribution >= 4 is 5.91 Å². The highest BCUT2D eigenvalue weighted by molar-refractivity contribution is 5.95. The first-order chi connectivity index (χ1) is 8.20. The maximum Gasteiger partial charge on any atom is 0.252 e. The molecule has 18 heavy (non-hydrogen) atoms. The first-order valence-corrected chi connectivity index (χ1v) is 5.76. The van der Waals surface area contributed by atoms with Crippen molar-refractivity contribution in [3.63, 3.8) is 0 Å². The van der Waals surface area contributed by atoms with E-state index in [-0.39, 0.29) is 16.9 Å². The minimum absolute atomic E-state index is 0.0160. The van der Waals surface area contributed by atoms with Crippen molar-refractivity contribution in [2.45, 2.75) is 32.4 Å². The Kier molecular flexibility index (Phi) is 4.32. The first kappa shape index (κ1) is 14.5. The Hall–Kier alpha value is -1.59. The van der Waals surface area contributed by atoms with E-state index in [1.165, 1.54) is 12.1 Å². The number of hydrogen-bond acceptors (Lipinski definition) is 4. The van der Waals surface area contributed by atoms with Crippen molar-refractivity contribution in [1.29, 1.82) is 0 Å². The van der Waals surface area contributed by atoms with Crippen LogP contribution in [-0.2, 0) is 0 Å². The summed E-state index contributed by atoms with van der Waals surface area (Å²) in [6, 6.07) is 4.33. The van der Waals surface area contributed by atoms with Crippen LogP contribution in [0.4, 0.5) is 0 Å². The highest BCUT2D eigenvalue weighted by atomic mass is 16.3. The molecule has 1 atom stereocenters. The molecule has 1 aromatic carbocycles. The Labute approximate surface area is 107 Å². The van der Waals surface area contributed by atoms with Gasteiger partial charge in [-0.2, -0.15) is 0 Å². The molecule has 0 saturated carbocycles. The molecule has 0 radical (unpaired) electrons. The van der Waals surface area contributed by atoms with E-state index in [1.807, 2.05) is 20.8 Å². The Morgan fingerprint density at radius 2 is 2.06 bits per heavy atom. The van der Waals surface area contributed by atoms with E-state index >= 15 is 0 Å². The molecule has 5 nitrogen and oxygen atoms in total. The summed E-state index contributed by atoms with van der Waals surface area (Å²) < 4.78 is 0. The van der Waals surface area contributed by atoms with Crippen LogP contribution in [0.1, 0.15) is 42.8 Å². The van der Waals surface area contributed by atoms with Crippen molar-refractivity contribution in [2.24, 2.45) is 5.73 Å². The monoisotopic (exact) mass is 252 g/mol. The predicted molar refractivity (Wildman–Crippen MR) is 69.3 cm³/mol. The van der Waals surface area contributed by atoms with E-state index < -0.39 is 12.0 Å². The summed E-state index contributed by atoms with van der Waals surface area (Å²) in [6.07, 6.45) is -0.761. The number of primary amides is 1. The smallest absolute Gasteiger partial charge is 0.252 e. The van der Waals surface area contributed by atoms with E-state index in [0.29, 0.717) is 12.1 Å². The molecule has 5 N–H and O–H groups in total. The Bertz CT molecular complexity index is 438. The first-order valence-electron chi connectivity index (χ1n) is 5.76. The number of rotatable bonds is 4. The van der Waals surface area contributed by atoms with Gasteiger partial charge in [-0.1, -0.05) is 6.07 Å². The lowest BCUT2D eigenvalue weighted by molar-refractivity contribution is 0.0997. The average molecular weight is 252 g/mol. The summed E-state index contributed by atoms with van der Waals surface area (Å²) in [7, 11) is 0. The molecule has 1 aromatic rings. The summed E-state index contributed by atoms with van der Waals surface area (Å²) in [5, 5.41) is 22.6. The van der Waals surface area contributed by atoms with Crippen molar-refractivity contribution in [3.8, 4) is 5.75 Å². The van der Waals surface area contributed by atoms with E-state index in [1.54, 1.807) is 6.07 Å². The molecule has 1 rings (SSSR count). The number of hydrogen-bond donors (Lipinski definition) is 4. The van der Waals surface area contributed by atoms with Gasteiger partial charge in [-0.25, -0.2) is 0 Å². The molecular formula is C13H20N2O3. The molecule has 0 spiro atoms. The van der Waals surface area contributed by atoms with Crippen LogP contribution in [-0.4, -0.2) is 28.2 Å². The van der Waals surface area contributed by atoms with Crippen LogP contribution in [0.5, 0.6) is 5.75 Å². The number of phenols is 1. The van der Waals surface area contributed by atoms with E-state index in [4.69, 9.17) is 5.73 Å². The van der Waals surface area contributed by atoms with Gasteiger partial charge >= 0.3 is 0 Å². The van der Waals surface area contributed by atoms with Crippen LogP contribution in [0.3, 0.4) is 0 Å². The number of β-amino-alcohol motifs (C(OH)–C–C–N with tert-alkyl or cyclic N) is 1. The van der Waals surface area contributed by atoms with Gasteiger partial charge in [0.25, 0.3) is 5.91 Å². The number of carbonyl (C=O) groups excluding carboxylic acids is 1. The van der Waals surface area contributed by atoms with E-state index in [0.717, 1.165) is 0 Å². The van der Waals surface area contributed by atoms with Crippen LogP contribution in [0.25, 0.3) is 0 Å². The molecule has 0 aliphatic heterocycles. The molecule has 0 saturated heterocycles. The molecule has 1 amide bonds. The number of aliphatic hydroxyl groups excluding tert-OH is 1. The third kappa shape index (κ3) is 4.01. The standard InChI is InChI=1S/C13H20N2O3/c1-13(2,3)15-7-11(17)8-4-5-10(16)9(6-8)12(14)18/h4-6,11,15-17H,7H2,1-3H3,(H2,14,18)/t11-/m1/s1. The lowest BCUT2D eigenvalue weighted by Gasteiger charge is -2.23. The number of nitrogens with one attached hydrogen (secondary N) is 1. The van der Waals surface area contributed by atoms with Crippen LogP contribution in [0.15, 0.2) is 18.2 Å². The van der Waals surface area contributed by atoms with Crippen molar-refractivity contribution in [3.05, 3.63) is 29.3 Å². The normalized spacial score (nSPS) is 13.3. The lowest BCUT2D eigenvalue weighted by atomic mass is 10.0. The number of aliphatic hydroxyl groups is 1. The number of aromatic hydroxyl groups is 1. The van der Waals surface area contributed by atoms with Gasteiger partial charge in [0, 0.05) is 12.1 Å². The summed E-state index contributed by atoms with van der Waals surface area (Å²) in [4.78, 5) is 11.1. The zero-order valence-corrected chi connectivity index (χ0v) is 10.9. The fraction of sp³-hybridized carbons (Fsp3) is 0.462. The summed E-state index contributed by atoms with van der Waals surface area (Å²) in [6.45, 7) is 6.33. The van der Waals surface area contributed by atoms with Gasteiger partial charge < -0.3 is 21.3 Å². The molecule has 0 bridgehead atoms. The number of nitrogens with two attached hydrogens (primary N) is 1.